The third-order valence-electron chi connectivity index (χ3n) is 5.95. The van der Waals surface area contributed by atoms with Crippen LogP contribution in [-0.2, 0) is 46.5 Å². The fraction of sp³-hybridized carbons (Fsp3) is 0.531. The number of ether oxygens (including phenoxy) is 3. The number of methoxy groups -OCH3 is 1. The molecule has 14 nitrogen and oxygen atoms in total. The number of pyridine rings is 2. The first kappa shape index (κ1) is 37.6. The van der Waals surface area contributed by atoms with Gasteiger partial charge in [0.1, 0.15) is 23.3 Å². The lowest BCUT2D eigenvalue weighted by Gasteiger charge is -2.26. The summed E-state index contributed by atoms with van der Waals surface area (Å²) >= 11 is 0. The molecule has 0 saturated carbocycles. The second kappa shape index (κ2) is 17.8. The maximum absolute atomic E-state index is 13.0. The number of hydrogen-bond donors (Lipinski definition) is 3. The van der Waals surface area contributed by atoms with E-state index in [2.05, 4.69) is 26.0 Å². The summed E-state index contributed by atoms with van der Waals surface area (Å²) < 4.78 is 15.6. The summed E-state index contributed by atoms with van der Waals surface area (Å²) in [6.45, 7) is 10.7. The van der Waals surface area contributed by atoms with Crippen LogP contribution in [-0.4, -0.2) is 75.2 Å². The minimum atomic E-state index is -1.22. The van der Waals surface area contributed by atoms with Crippen molar-refractivity contribution in [3.8, 4) is 0 Å². The van der Waals surface area contributed by atoms with Gasteiger partial charge in [0.05, 0.1) is 31.6 Å². The van der Waals surface area contributed by atoms with Crippen molar-refractivity contribution < 1.29 is 38.2 Å². The van der Waals surface area contributed by atoms with Gasteiger partial charge in [0.15, 0.2) is 0 Å². The quantitative estimate of drug-likeness (QED) is 0.148. The molecule has 0 bridgehead atoms. The van der Waals surface area contributed by atoms with Crippen LogP contribution in [0.3, 0.4) is 0 Å². The molecule has 14 heteroatoms. The predicted octanol–water partition coefficient (Wildman–Crippen LogP) is 2.96. The number of amides is 3. The summed E-state index contributed by atoms with van der Waals surface area (Å²) in [6, 6.07) is 7.58. The van der Waals surface area contributed by atoms with Crippen molar-refractivity contribution in [3.63, 3.8) is 0 Å². The van der Waals surface area contributed by atoms with Gasteiger partial charge in [-0.25, -0.2) is 19.4 Å². The normalized spacial score (nSPS) is 12.8. The molecule has 0 aliphatic carbocycles. The van der Waals surface area contributed by atoms with Gasteiger partial charge in [-0.15, -0.1) is 0 Å². The fourth-order valence-corrected chi connectivity index (χ4v) is 4.04. The van der Waals surface area contributed by atoms with Gasteiger partial charge in [0.25, 0.3) is 0 Å². The van der Waals surface area contributed by atoms with E-state index in [1.807, 2.05) is 24.3 Å². The highest BCUT2D eigenvalue weighted by Gasteiger charge is 2.30. The highest BCUT2D eigenvalue weighted by atomic mass is 16.6. The fourth-order valence-electron chi connectivity index (χ4n) is 4.04. The van der Waals surface area contributed by atoms with Crippen molar-refractivity contribution in [1.82, 2.24) is 31.0 Å². The van der Waals surface area contributed by atoms with E-state index in [1.165, 1.54) is 0 Å². The zero-order chi connectivity index (χ0) is 34.3. The number of esters is 3. The Morgan fingerprint density at radius 1 is 0.739 bits per heavy atom. The molecule has 2 atom stereocenters. The summed E-state index contributed by atoms with van der Waals surface area (Å²) in [6.07, 6.45) is 2.76. The smallest absolute Gasteiger partial charge is 0.329 e. The van der Waals surface area contributed by atoms with E-state index in [0.29, 0.717) is 13.1 Å². The Hall–Kier alpha value is -4.59. The molecule has 0 aromatic carbocycles. The van der Waals surface area contributed by atoms with E-state index in [-0.39, 0.29) is 25.7 Å². The maximum Gasteiger partial charge on any atom is 0.329 e. The Kier molecular flexibility index (Phi) is 14.5. The molecule has 2 heterocycles. The van der Waals surface area contributed by atoms with Gasteiger partial charge in [0.2, 0.25) is 5.91 Å². The molecular weight excluding hydrogens is 596 g/mol. The van der Waals surface area contributed by atoms with Gasteiger partial charge in [-0.2, -0.15) is 0 Å². The van der Waals surface area contributed by atoms with Gasteiger partial charge in [-0.05, 0) is 78.6 Å². The Morgan fingerprint density at radius 2 is 1.24 bits per heavy atom. The van der Waals surface area contributed by atoms with Gasteiger partial charge in [0, 0.05) is 25.2 Å². The van der Waals surface area contributed by atoms with Crippen molar-refractivity contribution in [2.24, 2.45) is 0 Å². The molecule has 2 aromatic heterocycles. The van der Waals surface area contributed by atoms with Crippen LogP contribution >= 0.6 is 0 Å². The largest absolute Gasteiger partial charge is 0.467 e. The molecule has 0 aliphatic rings. The summed E-state index contributed by atoms with van der Waals surface area (Å²) in [5, 5.41) is 6.60. The molecule has 0 aliphatic heterocycles. The first-order chi connectivity index (χ1) is 21.5. The predicted molar refractivity (Wildman–Crippen MR) is 167 cm³/mol. The Labute approximate surface area is 269 Å². The monoisotopic (exact) mass is 642 g/mol. The topological polar surface area (TPSA) is 178 Å². The molecule has 3 amide bonds. The maximum atomic E-state index is 13.0. The lowest BCUT2D eigenvalue weighted by atomic mass is 10.1. The van der Waals surface area contributed by atoms with Crippen LogP contribution in [0.2, 0.25) is 0 Å². The molecule has 0 saturated heterocycles. The van der Waals surface area contributed by atoms with Crippen LogP contribution in [0.5, 0.6) is 0 Å². The molecule has 2 rings (SSSR count). The Balaban J connectivity index is 2.06. The van der Waals surface area contributed by atoms with E-state index in [0.717, 1.165) is 18.5 Å². The third-order valence-corrected chi connectivity index (χ3v) is 5.95. The molecule has 0 spiro atoms. The van der Waals surface area contributed by atoms with Gasteiger partial charge in [-0.1, -0.05) is 12.1 Å². The van der Waals surface area contributed by atoms with Crippen molar-refractivity contribution in [2.75, 3.05) is 7.11 Å². The molecule has 2 aromatic rings. The average molecular weight is 643 g/mol. The standard InChI is InChI=1S/C32H46N6O8/c1-31(2,3)45-27(40)17-15-25(29(42)46-32(4,5)6)36-30(43)35-24(28(41)44-7)14-16-26(39)37-38(20-22-12-8-10-18-33-22)21-23-13-9-11-19-34-23/h8-13,18-19,24-25H,14-17,20-21H2,1-7H3,(H,37,39)(H2,35,36,43)/t24-,25-/m0/s1. The van der Waals surface area contributed by atoms with Crippen LogP contribution in [0.1, 0.15) is 78.6 Å². The second-order valence-electron chi connectivity index (χ2n) is 12.5. The number of nitrogens with one attached hydrogen (secondary N) is 3. The highest BCUT2D eigenvalue weighted by Crippen LogP contribution is 2.14. The Morgan fingerprint density at radius 3 is 1.70 bits per heavy atom. The van der Waals surface area contributed by atoms with Crippen LogP contribution in [0.4, 0.5) is 4.79 Å². The van der Waals surface area contributed by atoms with Crippen LogP contribution in [0.15, 0.2) is 48.8 Å². The summed E-state index contributed by atoms with van der Waals surface area (Å²) in [5.74, 6) is -2.53. The molecule has 252 valence electrons. The molecular formula is C32H46N6O8. The molecule has 0 unspecified atom stereocenters. The minimum Gasteiger partial charge on any atom is -0.467 e. The van der Waals surface area contributed by atoms with Gasteiger partial charge >= 0.3 is 23.9 Å². The number of rotatable bonds is 15. The van der Waals surface area contributed by atoms with E-state index in [1.54, 1.807) is 71.1 Å². The minimum absolute atomic E-state index is 0.106. The van der Waals surface area contributed by atoms with E-state index < -0.39 is 53.1 Å². The number of nitrogens with zero attached hydrogens (tertiary/aromatic N) is 3. The summed E-state index contributed by atoms with van der Waals surface area (Å²) in [5.41, 5.74) is 2.67. The lowest BCUT2D eigenvalue weighted by Crippen LogP contribution is -2.52. The molecule has 0 radical (unpaired) electrons. The zero-order valence-electron chi connectivity index (χ0n) is 27.6. The Bertz CT molecular complexity index is 1250. The van der Waals surface area contributed by atoms with Crippen molar-refractivity contribution in [2.45, 2.75) is 104 Å². The second-order valence-corrected chi connectivity index (χ2v) is 12.5. The number of urea groups is 1. The van der Waals surface area contributed by atoms with E-state index >= 15 is 0 Å². The summed E-state index contributed by atoms with van der Waals surface area (Å²) in [7, 11) is 1.15. The zero-order valence-corrected chi connectivity index (χ0v) is 27.6. The van der Waals surface area contributed by atoms with Gasteiger partial charge < -0.3 is 24.8 Å². The van der Waals surface area contributed by atoms with Crippen LogP contribution in [0.25, 0.3) is 0 Å². The number of hydrazine groups is 1. The number of carbonyl (C=O) groups is 5. The lowest BCUT2D eigenvalue weighted by molar-refractivity contribution is -0.158. The SMILES string of the molecule is COC(=O)[C@H](CCC(=O)NN(Cc1ccccn1)Cc1ccccn1)NC(=O)N[C@@H](CCC(=O)OC(C)(C)C)C(=O)OC(C)(C)C. The van der Waals surface area contributed by atoms with Crippen LogP contribution < -0.4 is 16.1 Å². The van der Waals surface area contributed by atoms with Crippen molar-refractivity contribution >= 4 is 29.8 Å². The number of hydrogen-bond acceptors (Lipinski definition) is 11. The van der Waals surface area contributed by atoms with E-state index in [4.69, 9.17) is 14.2 Å². The summed E-state index contributed by atoms with van der Waals surface area (Å²) in [4.78, 5) is 72.3. The van der Waals surface area contributed by atoms with Crippen molar-refractivity contribution in [1.29, 1.82) is 0 Å². The molecule has 46 heavy (non-hydrogen) atoms. The van der Waals surface area contributed by atoms with Crippen LogP contribution in [0, 0.1) is 0 Å². The first-order valence-corrected chi connectivity index (χ1v) is 15.0. The number of carbonyl (C=O) groups excluding carboxylic acids is 5. The highest BCUT2D eigenvalue weighted by molar-refractivity contribution is 5.88. The van der Waals surface area contributed by atoms with Crippen molar-refractivity contribution in [3.05, 3.63) is 60.2 Å². The molecule has 3 N–H and O–H groups in total. The van der Waals surface area contributed by atoms with Gasteiger partial charge in [-0.3, -0.25) is 25.0 Å². The number of aromatic nitrogens is 2. The third kappa shape index (κ3) is 15.4. The van der Waals surface area contributed by atoms with E-state index in [9.17, 15) is 24.0 Å². The average Bonchev–Trinajstić information content (AvgIpc) is 2.96. The molecule has 0 fully saturated rings. The first-order valence-electron chi connectivity index (χ1n) is 15.0.